The molecule has 1 aliphatic heterocycles. The van der Waals surface area contributed by atoms with E-state index in [1.807, 2.05) is 0 Å². The fourth-order valence-corrected chi connectivity index (χ4v) is 2.47. The number of primary amides is 1. The van der Waals surface area contributed by atoms with Crippen molar-refractivity contribution in [1.82, 2.24) is 4.98 Å². The van der Waals surface area contributed by atoms with Gasteiger partial charge >= 0.3 is 5.69 Å². The number of nitrogens with zero attached hydrogens (tertiary/aromatic N) is 3. The van der Waals surface area contributed by atoms with E-state index >= 15 is 0 Å². The normalized spacial score (nSPS) is 18.7. The van der Waals surface area contributed by atoms with Gasteiger partial charge in [0.15, 0.2) is 0 Å². The third-order valence-electron chi connectivity index (χ3n) is 2.85. The van der Waals surface area contributed by atoms with Gasteiger partial charge in [-0.25, -0.2) is 0 Å². The molecule has 0 bridgehead atoms. The number of nitrogens with two attached hydrogens (primary N) is 1. The van der Waals surface area contributed by atoms with Gasteiger partial charge in [0.1, 0.15) is 11.9 Å². The van der Waals surface area contributed by atoms with Gasteiger partial charge < -0.3 is 10.6 Å². The Balaban J connectivity index is 2.45. The van der Waals surface area contributed by atoms with Crippen LogP contribution < -0.4 is 10.6 Å². The fraction of sp³-hybridized carbons (Fsp3) is 0.300. The summed E-state index contributed by atoms with van der Waals surface area (Å²) in [5, 5.41) is 11.0. The Kier molecular flexibility index (Phi) is 3.47. The van der Waals surface area contributed by atoms with E-state index in [0.29, 0.717) is 4.47 Å². The molecule has 1 fully saturated rings. The molecule has 1 aromatic heterocycles. The number of amides is 2. The predicted molar refractivity (Wildman–Crippen MR) is 68.2 cm³/mol. The Morgan fingerprint density at radius 3 is 2.79 bits per heavy atom. The minimum Gasteiger partial charge on any atom is -0.369 e. The average Bonchev–Trinajstić information content (AvgIpc) is 2.71. The van der Waals surface area contributed by atoms with E-state index in [1.165, 1.54) is 11.1 Å². The summed E-state index contributed by atoms with van der Waals surface area (Å²) in [6, 6.07) is 0. The second-order valence-corrected chi connectivity index (χ2v) is 4.91. The number of carbonyl (C=O) groups is 2. The molecular weight excluding hydrogens is 320 g/mol. The topological polar surface area (TPSA) is 119 Å². The van der Waals surface area contributed by atoms with Crippen LogP contribution in [0, 0.1) is 16.0 Å². The standard InChI is InChI=1S/C10H9BrN4O4/c11-6-2-13-3-7(15(18)19)9(6)14-4-5(10(12)17)1-8(14)16/h2-3,5H,1,4H2,(H2,12,17). The van der Waals surface area contributed by atoms with Gasteiger partial charge in [-0.05, 0) is 15.9 Å². The fourth-order valence-electron chi connectivity index (χ4n) is 1.93. The van der Waals surface area contributed by atoms with Crippen LogP contribution in [0.1, 0.15) is 6.42 Å². The molecule has 1 unspecified atom stereocenters. The zero-order valence-corrected chi connectivity index (χ0v) is 11.2. The van der Waals surface area contributed by atoms with E-state index in [0.717, 1.165) is 6.20 Å². The minimum absolute atomic E-state index is 0.0393. The molecule has 0 spiro atoms. The van der Waals surface area contributed by atoms with E-state index in [-0.39, 0.29) is 30.2 Å². The average molecular weight is 329 g/mol. The number of aromatic nitrogens is 1. The van der Waals surface area contributed by atoms with Gasteiger partial charge in [0.25, 0.3) is 0 Å². The van der Waals surface area contributed by atoms with E-state index in [9.17, 15) is 19.7 Å². The van der Waals surface area contributed by atoms with Crippen LogP contribution in [0.2, 0.25) is 0 Å². The summed E-state index contributed by atoms with van der Waals surface area (Å²) in [6.07, 6.45) is 2.37. The van der Waals surface area contributed by atoms with Gasteiger partial charge in [-0.2, -0.15) is 0 Å². The summed E-state index contributed by atoms with van der Waals surface area (Å²) in [5.41, 5.74) is 4.97. The molecule has 1 aliphatic rings. The first-order valence-corrected chi connectivity index (χ1v) is 6.08. The number of pyridine rings is 1. The summed E-state index contributed by atoms with van der Waals surface area (Å²) in [5.74, 6) is -1.60. The van der Waals surface area contributed by atoms with Crippen molar-refractivity contribution >= 4 is 39.1 Å². The number of hydrogen-bond donors (Lipinski definition) is 1. The molecule has 0 radical (unpaired) electrons. The zero-order chi connectivity index (χ0) is 14.2. The molecule has 2 amide bonds. The minimum atomic E-state index is -0.632. The Labute approximate surface area is 115 Å². The molecule has 0 aromatic carbocycles. The molecule has 8 nitrogen and oxygen atoms in total. The summed E-state index contributed by atoms with van der Waals surface area (Å²) in [4.78, 5) is 38.2. The van der Waals surface area contributed by atoms with Crippen LogP contribution in [0.5, 0.6) is 0 Å². The predicted octanol–water partition coefficient (Wildman–Crippen LogP) is 0.590. The molecule has 19 heavy (non-hydrogen) atoms. The molecule has 0 saturated carbocycles. The van der Waals surface area contributed by atoms with Crippen molar-refractivity contribution in [2.24, 2.45) is 11.7 Å². The van der Waals surface area contributed by atoms with E-state index < -0.39 is 16.7 Å². The first-order valence-electron chi connectivity index (χ1n) is 5.29. The molecule has 2 N–H and O–H groups in total. The van der Waals surface area contributed by atoms with Gasteiger partial charge in [-0.15, -0.1) is 0 Å². The highest BCUT2D eigenvalue weighted by molar-refractivity contribution is 9.10. The van der Waals surface area contributed by atoms with Crippen molar-refractivity contribution in [1.29, 1.82) is 0 Å². The Bertz CT molecular complexity index is 577. The van der Waals surface area contributed by atoms with Crippen LogP contribution in [0.15, 0.2) is 16.9 Å². The van der Waals surface area contributed by atoms with Crippen LogP contribution in [0.25, 0.3) is 0 Å². The van der Waals surface area contributed by atoms with Crippen molar-refractivity contribution in [3.05, 3.63) is 27.0 Å². The van der Waals surface area contributed by atoms with Crippen LogP contribution in [0.3, 0.4) is 0 Å². The van der Waals surface area contributed by atoms with Gasteiger partial charge in [0, 0.05) is 19.2 Å². The highest BCUT2D eigenvalue weighted by atomic mass is 79.9. The zero-order valence-electron chi connectivity index (χ0n) is 9.58. The van der Waals surface area contributed by atoms with Crippen molar-refractivity contribution in [3.63, 3.8) is 0 Å². The van der Waals surface area contributed by atoms with E-state index in [4.69, 9.17) is 5.73 Å². The Morgan fingerprint density at radius 1 is 1.58 bits per heavy atom. The maximum Gasteiger partial charge on any atom is 0.312 e. The molecular formula is C10H9BrN4O4. The van der Waals surface area contributed by atoms with Gasteiger partial charge in [-0.3, -0.25) is 24.7 Å². The summed E-state index contributed by atoms with van der Waals surface area (Å²) in [7, 11) is 0. The third kappa shape index (κ3) is 2.41. The van der Waals surface area contributed by atoms with Crippen molar-refractivity contribution in [2.45, 2.75) is 6.42 Å². The monoisotopic (exact) mass is 328 g/mol. The number of carbonyl (C=O) groups excluding carboxylic acids is 2. The molecule has 1 atom stereocenters. The molecule has 0 aliphatic carbocycles. The lowest BCUT2D eigenvalue weighted by atomic mass is 10.1. The first-order chi connectivity index (χ1) is 8.91. The number of anilines is 1. The van der Waals surface area contributed by atoms with Crippen molar-refractivity contribution in [2.75, 3.05) is 11.4 Å². The molecule has 2 heterocycles. The first kappa shape index (κ1) is 13.4. The van der Waals surface area contributed by atoms with Gasteiger partial charge in [-0.1, -0.05) is 0 Å². The number of nitro groups is 1. The number of rotatable bonds is 3. The number of hydrogen-bond acceptors (Lipinski definition) is 5. The summed E-state index contributed by atoms with van der Waals surface area (Å²) in [6.45, 7) is 0.0393. The van der Waals surface area contributed by atoms with Gasteiger partial charge in [0.05, 0.1) is 15.3 Å². The van der Waals surface area contributed by atoms with E-state index in [1.54, 1.807) is 0 Å². The van der Waals surface area contributed by atoms with Crippen molar-refractivity contribution in [3.8, 4) is 0 Å². The lowest BCUT2D eigenvalue weighted by molar-refractivity contribution is -0.384. The second kappa shape index (κ2) is 4.92. The Hall–Kier alpha value is -2.03. The van der Waals surface area contributed by atoms with Crippen LogP contribution >= 0.6 is 15.9 Å². The van der Waals surface area contributed by atoms with Crippen LogP contribution in [-0.4, -0.2) is 28.3 Å². The second-order valence-electron chi connectivity index (χ2n) is 4.05. The molecule has 1 aromatic rings. The van der Waals surface area contributed by atoms with Crippen LogP contribution in [0.4, 0.5) is 11.4 Å². The van der Waals surface area contributed by atoms with Crippen molar-refractivity contribution < 1.29 is 14.5 Å². The molecule has 9 heteroatoms. The maximum atomic E-state index is 11.9. The smallest absolute Gasteiger partial charge is 0.312 e. The lowest BCUT2D eigenvalue weighted by Crippen LogP contribution is -2.29. The van der Waals surface area contributed by atoms with E-state index in [2.05, 4.69) is 20.9 Å². The maximum absolute atomic E-state index is 11.9. The Morgan fingerprint density at radius 2 is 2.26 bits per heavy atom. The van der Waals surface area contributed by atoms with Gasteiger partial charge in [0.2, 0.25) is 11.8 Å². The lowest BCUT2D eigenvalue weighted by Gasteiger charge is -2.17. The quantitative estimate of drug-likeness (QED) is 0.643. The molecule has 100 valence electrons. The summed E-state index contributed by atoms with van der Waals surface area (Å²) < 4.78 is 0.320. The highest BCUT2D eigenvalue weighted by Gasteiger charge is 2.38. The SMILES string of the molecule is NC(=O)C1CC(=O)N(c2c(Br)cncc2[N+](=O)[O-])C1. The highest BCUT2D eigenvalue weighted by Crippen LogP contribution is 2.37. The summed E-state index contributed by atoms with van der Waals surface area (Å²) >= 11 is 3.13. The molecule has 1 saturated heterocycles. The van der Waals surface area contributed by atoms with Crippen LogP contribution in [-0.2, 0) is 9.59 Å². The number of halogens is 1. The third-order valence-corrected chi connectivity index (χ3v) is 3.43. The largest absolute Gasteiger partial charge is 0.369 e. The molecule has 2 rings (SSSR count).